The van der Waals surface area contributed by atoms with Gasteiger partial charge in [-0.25, -0.2) is 0 Å². The highest BCUT2D eigenvalue weighted by atomic mass is 16.5. The van der Waals surface area contributed by atoms with Crippen LogP contribution >= 0.6 is 0 Å². The number of hydrogen-bond acceptors (Lipinski definition) is 5. The van der Waals surface area contributed by atoms with Crippen molar-refractivity contribution < 1.29 is 13.9 Å². The lowest BCUT2D eigenvalue weighted by atomic mass is 10.1. The van der Waals surface area contributed by atoms with Crippen LogP contribution in [0.1, 0.15) is 22.5 Å². The van der Waals surface area contributed by atoms with Gasteiger partial charge in [0.15, 0.2) is 5.76 Å². The number of ether oxygens (including phenoxy) is 1. The van der Waals surface area contributed by atoms with Gasteiger partial charge in [-0.05, 0) is 31.2 Å². The Labute approximate surface area is 170 Å². The lowest BCUT2D eigenvalue weighted by Gasteiger charge is -2.27. The van der Waals surface area contributed by atoms with Crippen molar-refractivity contribution in [2.75, 3.05) is 39.3 Å². The molecule has 1 aliphatic rings. The van der Waals surface area contributed by atoms with Crippen LogP contribution in [0.2, 0.25) is 0 Å². The number of nitrogens with one attached hydrogen (secondary N) is 2. The fourth-order valence-electron chi connectivity index (χ4n) is 3.62. The van der Waals surface area contributed by atoms with Crippen molar-refractivity contribution >= 4 is 16.9 Å². The molecule has 152 valence electrons. The van der Waals surface area contributed by atoms with Gasteiger partial charge in [0.2, 0.25) is 0 Å². The zero-order valence-corrected chi connectivity index (χ0v) is 16.5. The number of fused-ring (bicyclic) bond motifs is 1. The van der Waals surface area contributed by atoms with E-state index >= 15 is 0 Å². The molecule has 2 heterocycles. The summed E-state index contributed by atoms with van der Waals surface area (Å²) in [6.07, 6.45) is 0.918. The van der Waals surface area contributed by atoms with Crippen LogP contribution in [-0.2, 0) is 6.61 Å². The van der Waals surface area contributed by atoms with Gasteiger partial charge < -0.3 is 24.7 Å². The van der Waals surface area contributed by atoms with E-state index in [2.05, 4.69) is 15.5 Å². The molecule has 0 radical (unpaired) electrons. The summed E-state index contributed by atoms with van der Waals surface area (Å²) < 4.78 is 11.8. The Hall–Kier alpha value is -2.83. The normalized spacial score (nSPS) is 14.8. The van der Waals surface area contributed by atoms with Crippen molar-refractivity contribution in [3.63, 3.8) is 0 Å². The number of amides is 1. The number of nitrogens with zero attached hydrogens (tertiary/aromatic N) is 1. The zero-order chi connectivity index (χ0) is 19.9. The minimum absolute atomic E-state index is 0.187. The molecule has 1 aromatic heterocycles. The first-order chi connectivity index (χ1) is 14.3. The van der Waals surface area contributed by atoms with Gasteiger partial charge in [0.25, 0.3) is 5.91 Å². The lowest BCUT2D eigenvalue weighted by Crippen LogP contribution is -2.44. The number of furan rings is 1. The molecular weight excluding hydrogens is 366 g/mol. The smallest absolute Gasteiger partial charge is 0.287 e. The second-order valence-corrected chi connectivity index (χ2v) is 7.21. The van der Waals surface area contributed by atoms with Gasteiger partial charge in [-0.2, -0.15) is 0 Å². The lowest BCUT2D eigenvalue weighted by molar-refractivity contribution is 0.0922. The van der Waals surface area contributed by atoms with E-state index in [1.807, 2.05) is 54.6 Å². The van der Waals surface area contributed by atoms with Crippen molar-refractivity contribution in [3.8, 4) is 5.75 Å². The van der Waals surface area contributed by atoms with Gasteiger partial charge in [0, 0.05) is 43.7 Å². The number of piperazine rings is 1. The zero-order valence-electron chi connectivity index (χ0n) is 16.5. The number of carbonyl (C=O) groups excluding carboxylic acids is 1. The van der Waals surface area contributed by atoms with Crippen LogP contribution in [0.25, 0.3) is 11.0 Å². The van der Waals surface area contributed by atoms with Gasteiger partial charge in [-0.1, -0.05) is 36.4 Å². The highest BCUT2D eigenvalue weighted by molar-refractivity contribution is 5.99. The highest BCUT2D eigenvalue weighted by Gasteiger charge is 2.21. The minimum Gasteiger partial charge on any atom is -0.489 e. The van der Waals surface area contributed by atoms with E-state index in [4.69, 9.17) is 9.15 Å². The van der Waals surface area contributed by atoms with E-state index in [9.17, 15) is 4.79 Å². The monoisotopic (exact) mass is 393 g/mol. The van der Waals surface area contributed by atoms with Gasteiger partial charge >= 0.3 is 0 Å². The molecule has 0 atom stereocenters. The molecule has 1 fully saturated rings. The maximum Gasteiger partial charge on any atom is 0.287 e. The summed E-state index contributed by atoms with van der Waals surface area (Å²) in [6.45, 7) is 6.11. The Morgan fingerprint density at radius 2 is 1.83 bits per heavy atom. The van der Waals surface area contributed by atoms with Gasteiger partial charge in [-0.3, -0.25) is 4.79 Å². The third-order valence-corrected chi connectivity index (χ3v) is 5.18. The fourth-order valence-corrected chi connectivity index (χ4v) is 3.62. The molecule has 2 aromatic carbocycles. The minimum atomic E-state index is -0.187. The predicted octanol–water partition coefficient (Wildman–Crippen LogP) is 3.04. The summed E-state index contributed by atoms with van der Waals surface area (Å²) in [5.74, 6) is 0.914. The van der Waals surface area contributed by atoms with Crippen LogP contribution in [0.15, 0.2) is 59.0 Å². The largest absolute Gasteiger partial charge is 0.489 e. The standard InChI is InChI=1S/C23H27N3O3/c27-23(25-11-6-14-26-15-12-24-13-16-26)22-20(17-28-18-7-2-1-3-8-18)19-9-4-5-10-21(19)29-22/h1-5,7-10,24H,6,11-17H2,(H,25,27). The Morgan fingerprint density at radius 1 is 1.07 bits per heavy atom. The van der Waals surface area contributed by atoms with E-state index in [1.165, 1.54) is 0 Å². The molecule has 1 aliphatic heterocycles. The third-order valence-electron chi connectivity index (χ3n) is 5.18. The Kier molecular flexibility index (Phi) is 6.44. The van der Waals surface area contributed by atoms with E-state index in [-0.39, 0.29) is 12.5 Å². The van der Waals surface area contributed by atoms with Crippen molar-refractivity contribution in [1.29, 1.82) is 0 Å². The van der Waals surface area contributed by atoms with E-state index in [0.29, 0.717) is 17.9 Å². The van der Waals surface area contributed by atoms with E-state index < -0.39 is 0 Å². The van der Waals surface area contributed by atoms with Crippen LogP contribution in [0.5, 0.6) is 5.75 Å². The SMILES string of the molecule is O=C(NCCCN1CCNCC1)c1oc2ccccc2c1COc1ccccc1. The number of hydrogen-bond donors (Lipinski definition) is 2. The van der Waals surface area contributed by atoms with Gasteiger partial charge in [0.1, 0.15) is 17.9 Å². The Morgan fingerprint density at radius 3 is 2.66 bits per heavy atom. The molecule has 2 N–H and O–H groups in total. The number of benzene rings is 2. The van der Waals surface area contributed by atoms with Crippen LogP contribution in [0.4, 0.5) is 0 Å². The molecule has 0 spiro atoms. The second kappa shape index (κ2) is 9.58. The average Bonchev–Trinajstić information content (AvgIpc) is 3.15. The molecule has 6 heteroatoms. The summed E-state index contributed by atoms with van der Waals surface area (Å²) >= 11 is 0. The van der Waals surface area contributed by atoms with Crippen molar-refractivity contribution in [1.82, 2.24) is 15.5 Å². The number of rotatable bonds is 8. The topological polar surface area (TPSA) is 66.7 Å². The number of para-hydroxylation sites is 2. The van der Waals surface area contributed by atoms with Crippen LogP contribution in [0.3, 0.4) is 0 Å². The molecule has 0 unspecified atom stereocenters. The summed E-state index contributed by atoms with van der Waals surface area (Å²) in [4.78, 5) is 15.2. The molecule has 0 bridgehead atoms. The Bertz CT molecular complexity index is 933. The van der Waals surface area contributed by atoms with Crippen LogP contribution in [0, 0.1) is 0 Å². The van der Waals surface area contributed by atoms with Crippen molar-refractivity contribution in [2.24, 2.45) is 0 Å². The van der Waals surface area contributed by atoms with Crippen molar-refractivity contribution in [2.45, 2.75) is 13.0 Å². The van der Waals surface area contributed by atoms with Gasteiger partial charge in [-0.15, -0.1) is 0 Å². The molecule has 29 heavy (non-hydrogen) atoms. The quantitative estimate of drug-likeness (QED) is 0.576. The maximum absolute atomic E-state index is 12.8. The molecule has 1 saturated heterocycles. The van der Waals surface area contributed by atoms with Gasteiger partial charge in [0.05, 0.1) is 0 Å². The summed E-state index contributed by atoms with van der Waals surface area (Å²) in [6, 6.07) is 17.3. The highest BCUT2D eigenvalue weighted by Crippen LogP contribution is 2.27. The fraction of sp³-hybridized carbons (Fsp3) is 0.348. The molecule has 6 nitrogen and oxygen atoms in total. The summed E-state index contributed by atoms with van der Waals surface area (Å²) in [7, 11) is 0. The Balaban J connectivity index is 1.40. The summed E-state index contributed by atoms with van der Waals surface area (Å²) in [5.41, 5.74) is 1.48. The van der Waals surface area contributed by atoms with E-state index in [0.717, 1.165) is 55.8 Å². The van der Waals surface area contributed by atoms with Crippen LogP contribution < -0.4 is 15.4 Å². The summed E-state index contributed by atoms with van der Waals surface area (Å²) in [5, 5.41) is 7.27. The molecule has 0 aliphatic carbocycles. The van der Waals surface area contributed by atoms with Crippen molar-refractivity contribution in [3.05, 3.63) is 65.9 Å². The predicted molar refractivity (Wildman–Crippen MR) is 113 cm³/mol. The maximum atomic E-state index is 12.8. The first-order valence-electron chi connectivity index (χ1n) is 10.2. The molecule has 3 aromatic rings. The van der Waals surface area contributed by atoms with Crippen LogP contribution in [-0.4, -0.2) is 50.1 Å². The molecule has 1 amide bonds. The molecule has 4 rings (SSSR count). The third kappa shape index (κ3) is 4.96. The second-order valence-electron chi connectivity index (χ2n) is 7.21. The van der Waals surface area contributed by atoms with E-state index in [1.54, 1.807) is 0 Å². The molecule has 0 saturated carbocycles. The number of carbonyl (C=O) groups is 1. The first kappa shape index (κ1) is 19.5. The molecular formula is C23H27N3O3. The average molecular weight is 393 g/mol. The first-order valence-corrected chi connectivity index (χ1v) is 10.2.